The monoisotopic (exact) mass is 634 g/mol. The number of allylic oxidation sites excluding steroid dienone is 2. The normalized spacial score (nSPS) is 18.0. The second-order valence-corrected chi connectivity index (χ2v) is 15.4. The van der Waals surface area contributed by atoms with Crippen molar-refractivity contribution < 1.29 is 26.3 Å². The summed E-state index contributed by atoms with van der Waals surface area (Å²) in [6.45, 7) is 15.1. The molecule has 1 aliphatic rings. The lowest BCUT2D eigenvalue weighted by atomic mass is 9.87. The van der Waals surface area contributed by atoms with Gasteiger partial charge in [0.15, 0.2) is 0 Å². The molecule has 0 saturated heterocycles. The Morgan fingerprint density at radius 2 is 0.837 bits per heavy atom. The van der Waals surface area contributed by atoms with Crippen LogP contribution in [-0.4, -0.2) is 27.7 Å². The molecular weight excluding hydrogens is 602 g/mol. The van der Waals surface area contributed by atoms with E-state index in [0.29, 0.717) is 11.1 Å². The van der Waals surface area contributed by atoms with E-state index in [0.717, 1.165) is 33.8 Å². The largest absolute Gasteiger partial charge is 0.380 e. The Bertz CT molecular complexity index is 1590. The zero-order valence-electron chi connectivity index (χ0n) is 25.1. The molecule has 0 atom stereocenters. The van der Waals surface area contributed by atoms with Gasteiger partial charge in [-0.05, 0) is 35.8 Å². The molecular formula is C33H32F6N2S2. The Balaban J connectivity index is 1.68. The molecule has 0 saturated carbocycles. The van der Waals surface area contributed by atoms with Crippen molar-refractivity contribution in [1.82, 2.24) is 9.97 Å². The van der Waals surface area contributed by atoms with Gasteiger partial charge in [-0.2, -0.15) is 26.3 Å². The molecule has 10 heteroatoms. The van der Waals surface area contributed by atoms with E-state index < -0.39 is 40.3 Å². The van der Waals surface area contributed by atoms with Gasteiger partial charge < -0.3 is 0 Å². The molecule has 2 aromatic heterocycles. The van der Waals surface area contributed by atoms with Crippen LogP contribution in [0.1, 0.15) is 73.8 Å². The van der Waals surface area contributed by atoms with Gasteiger partial charge in [0.05, 0.1) is 22.5 Å². The molecule has 1 aliphatic carbocycles. The number of aryl methyl sites for hydroxylation is 2. The molecule has 0 aliphatic heterocycles. The standard InChI is InChI=1S/C33H32F6N2S2/c1-17-25(40-27(42-17)19-9-13-21(14-10-19)29(3,4)5)23-24(32(36,37)33(38,39)31(23,34)35)26-18(2)43-28(41-26)20-11-15-22(16-12-20)30(6,7)8/h9-16H,1-8H3. The molecule has 4 aromatic rings. The zero-order chi connectivity index (χ0) is 31.9. The lowest BCUT2D eigenvalue weighted by Gasteiger charge is -2.25. The maximum atomic E-state index is 15.5. The highest BCUT2D eigenvalue weighted by Crippen LogP contribution is 2.65. The lowest BCUT2D eigenvalue weighted by Crippen LogP contribution is -2.49. The molecule has 2 nitrogen and oxygen atoms in total. The fraction of sp³-hybridized carbons (Fsp3) is 0.394. The number of hydrogen-bond donors (Lipinski definition) is 0. The molecule has 2 aromatic carbocycles. The van der Waals surface area contributed by atoms with Crippen molar-refractivity contribution in [3.63, 3.8) is 0 Å². The summed E-state index contributed by atoms with van der Waals surface area (Å²) in [6, 6.07) is 14.5. The summed E-state index contributed by atoms with van der Waals surface area (Å²) in [7, 11) is 0. The Morgan fingerprint density at radius 3 is 1.12 bits per heavy atom. The summed E-state index contributed by atoms with van der Waals surface area (Å²) in [5.74, 6) is -16.1. The van der Waals surface area contributed by atoms with Crippen molar-refractivity contribution >= 4 is 33.8 Å². The average molecular weight is 635 g/mol. The van der Waals surface area contributed by atoms with Gasteiger partial charge in [0.1, 0.15) is 10.0 Å². The maximum absolute atomic E-state index is 15.5. The van der Waals surface area contributed by atoms with Gasteiger partial charge in [0.2, 0.25) is 0 Å². The van der Waals surface area contributed by atoms with Crippen LogP contribution in [0.15, 0.2) is 48.5 Å². The topological polar surface area (TPSA) is 25.8 Å². The third kappa shape index (κ3) is 5.04. The predicted molar refractivity (Wildman–Crippen MR) is 164 cm³/mol. The quantitative estimate of drug-likeness (QED) is 0.209. The summed E-state index contributed by atoms with van der Waals surface area (Å²) in [6.07, 6.45) is 0. The first-order chi connectivity index (χ1) is 19.7. The van der Waals surface area contributed by atoms with Gasteiger partial charge >= 0.3 is 17.8 Å². The number of alkyl halides is 6. The fourth-order valence-corrected chi connectivity index (χ4v) is 6.94. The molecule has 0 fully saturated rings. The van der Waals surface area contributed by atoms with Crippen molar-refractivity contribution in [2.75, 3.05) is 0 Å². The van der Waals surface area contributed by atoms with Crippen LogP contribution >= 0.6 is 22.7 Å². The maximum Gasteiger partial charge on any atom is 0.380 e. The number of halogens is 6. The van der Waals surface area contributed by atoms with Crippen molar-refractivity contribution in [1.29, 1.82) is 0 Å². The predicted octanol–water partition coefficient (Wildman–Crippen LogP) is 11.0. The van der Waals surface area contributed by atoms with Crippen LogP contribution in [0, 0.1) is 13.8 Å². The van der Waals surface area contributed by atoms with E-state index in [4.69, 9.17) is 0 Å². The Hall–Kier alpha value is -2.98. The molecule has 0 spiro atoms. The SMILES string of the molecule is Cc1sc(-c2ccc(C(C)(C)C)cc2)nc1C1=C(c2nc(-c3ccc(C(C)(C)C)cc3)sc2C)C(F)(F)C(F)(F)C1(F)F. The molecule has 2 heterocycles. The van der Waals surface area contributed by atoms with Crippen molar-refractivity contribution in [2.24, 2.45) is 0 Å². The molecule has 0 unspecified atom stereocenters. The number of hydrogen-bond acceptors (Lipinski definition) is 4. The van der Waals surface area contributed by atoms with E-state index in [1.165, 1.54) is 13.8 Å². The summed E-state index contributed by atoms with van der Waals surface area (Å²) >= 11 is 1.98. The third-order valence-corrected chi connectivity index (χ3v) is 9.77. The summed E-state index contributed by atoms with van der Waals surface area (Å²) < 4.78 is 92.2. The highest BCUT2D eigenvalue weighted by molar-refractivity contribution is 7.15. The number of rotatable bonds is 4. The summed E-state index contributed by atoms with van der Waals surface area (Å²) in [5, 5.41) is 0.535. The van der Waals surface area contributed by atoms with E-state index in [1.54, 1.807) is 24.3 Å². The lowest BCUT2D eigenvalue weighted by molar-refractivity contribution is -0.254. The first-order valence-electron chi connectivity index (χ1n) is 13.7. The number of thiazole rings is 2. The first kappa shape index (κ1) is 31.4. The molecule has 0 radical (unpaired) electrons. The minimum atomic E-state index is -5.68. The average Bonchev–Trinajstić information content (AvgIpc) is 3.50. The van der Waals surface area contributed by atoms with Crippen molar-refractivity contribution in [2.45, 2.75) is 84.0 Å². The second kappa shape index (κ2) is 10.0. The Kier molecular flexibility index (Phi) is 7.33. The molecule has 0 N–H and O–H groups in total. The number of aromatic nitrogens is 2. The van der Waals surface area contributed by atoms with Crippen molar-refractivity contribution in [3.05, 3.63) is 80.8 Å². The van der Waals surface area contributed by atoms with Crippen LogP contribution in [0.25, 0.3) is 32.3 Å². The fourth-order valence-electron chi connectivity index (χ4n) is 5.09. The van der Waals surface area contributed by atoms with Crippen LogP contribution in [0.4, 0.5) is 26.3 Å². The van der Waals surface area contributed by atoms with Crippen LogP contribution < -0.4 is 0 Å². The van der Waals surface area contributed by atoms with Crippen molar-refractivity contribution in [3.8, 4) is 21.1 Å². The van der Waals surface area contributed by atoms with Gasteiger partial charge in [-0.15, -0.1) is 22.7 Å². The minimum absolute atomic E-state index is 0.126. The van der Waals surface area contributed by atoms with Gasteiger partial charge in [-0.3, -0.25) is 0 Å². The highest BCUT2D eigenvalue weighted by Gasteiger charge is 2.81. The van der Waals surface area contributed by atoms with E-state index in [9.17, 15) is 0 Å². The smallest absolute Gasteiger partial charge is 0.236 e. The van der Waals surface area contributed by atoms with E-state index in [2.05, 4.69) is 9.97 Å². The second-order valence-electron chi connectivity index (χ2n) is 13.0. The first-order valence-corrected chi connectivity index (χ1v) is 15.4. The summed E-state index contributed by atoms with van der Waals surface area (Å²) in [5.41, 5.74) is -1.17. The number of nitrogens with zero attached hydrogens (tertiary/aromatic N) is 2. The molecule has 0 bridgehead atoms. The Morgan fingerprint density at radius 1 is 0.535 bits per heavy atom. The van der Waals surface area contributed by atoms with Crippen LogP contribution in [0.2, 0.25) is 0 Å². The molecule has 0 amide bonds. The minimum Gasteiger partial charge on any atom is -0.236 e. The van der Waals surface area contributed by atoms with E-state index >= 15 is 26.3 Å². The van der Waals surface area contributed by atoms with Crippen LogP contribution in [0.5, 0.6) is 0 Å². The van der Waals surface area contributed by atoms with E-state index in [1.807, 2.05) is 65.8 Å². The Labute approximate surface area is 255 Å². The van der Waals surface area contributed by atoms with Gasteiger partial charge in [0.25, 0.3) is 0 Å². The van der Waals surface area contributed by atoms with Crippen LogP contribution in [0.3, 0.4) is 0 Å². The van der Waals surface area contributed by atoms with Crippen LogP contribution in [-0.2, 0) is 10.8 Å². The third-order valence-electron chi connectivity index (χ3n) is 7.73. The van der Waals surface area contributed by atoms with Gasteiger partial charge in [-0.25, -0.2) is 9.97 Å². The summed E-state index contributed by atoms with van der Waals surface area (Å²) in [4.78, 5) is 8.80. The molecule has 43 heavy (non-hydrogen) atoms. The highest BCUT2D eigenvalue weighted by atomic mass is 32.1. The van der Waals surface area contributed by atoms with E-state index in [-0.39, 0.29) is 30.6 Å². The van der Waals surface area contributed by atoms with Gasteiger partial charge in [-0.1, -0.05) is 90.1 Å². The molecule has 5 rings (SSSR count). The molecule has 228 valence electrons. The number of benzene rings is 2. The zero-order valence-corrected chi connectivity index (χ0v) is 26.7. The van der Waals surface area contributed by atoms with Gasteiger partial charge in [0, 0.05) is 20.9 Å².